The molecule has 0 saturated carbocycles. The maximum absolute atomic E-state index is 12.1. The van der Waals surface area contributed by atoms with Crippen molar-refractivity contribution in [1.29, 1.82) is 0 Å². The second-order valence-corrected chi connectivity index (χ2v) is 7.10. The van der Waals surface area contributed by atoms with Gasteiger partial charge in [-0.3, -0.25) is 4.90 Å². The molecule has 1 aliphatic heterocycles. The highest BCUT2D eigenvalue weighted by Crippen LogP contribution is 2.19. The normalized spacial score (nSPS) is 16.9. The van der Waals surface area contributed by atoms with Gasteiger partial charge in [0.25, 0.3) is 0 Å². The summed E-state index contributed by atoms with van der Waals surface area (Å²) in [6.07, 6.45) is 1.82. The van der Waals surface area contributed by atoms with Crippen LogP contribution < -0.4 is 0 Å². The molecular weight excluding hydrogens is 276 g/mol. The molecule has 4 heteroatoms. The molecule has 1 aliphatic rings. The van der Waals surface area contributed by atoms with E-state index in [-0.39, 0.29) is 6.09 Å². The van der Waals surface area contributed by atoms with Gasteiger partial charge in [-0.25, -0.2) is 4.79 Å². The minimum absolute atomic E-state index is 0.184. The van der Waals surface area contributed by atoms with Gasteiger partial charge in [0.1, 0.15) is 5.60 Å². The number of ether oxygens (including phenoxy) is 1. The molecule has 0 N–H and O–H groups in total. The molecule has 0 aromatic heterocycles. The summed E-state index contributed by atoms with van der Waals surface area (Å²) in [7, 11) is 2.17. The van der Waals surface area contributed by atoms with Gasteiger partial charge in [0.2, 0.25) is 0 Å². The van der Waals surface area contributed by atoms with E-state index < -0.39 is 5.60 Å². The number of amides is 1. The van der Waals surface area contributed by atoms with Crippen LogP contribution in [0.4, 0.5) is 4.79 Å². The highest BCUT2D eigenvalue weighted by molar-refractivity contribution is 5.68. The summed E-state index contributed by atoms with van der Waals surface area (Å²) in [5.74, 6) is 0. The Kier molecular flexibility index (Phi) is 5.46. The van der Waals surface area contributed by atoms with E-state index in [9.17, 15) is 4.79 Å². The molecule has 1 heterocycles. The summed E-state index contributed by atoms with van der Waals surface area (Å²) in [5, 5.41) is 0. The topological polar surface area (TPSA) is 32.8 Å². The van der Waals surface area contributed by atoms with Crippen LogP contribution >= 0.6 is 0 Å². The number of likely N-dealkylation sites (tertiary alicyclic amines) is 1. The molecule has 1 saturated heterocycles. The molecule has 0 radical (unpaired) electrons. The van der Waals surface area contributed by atoms with Crippen molar-refractivity contribution >= 4 is 6.09 Å². The lowest BCUT2D eigenvalue weighted by Crippen LogP contribution is -2.46. The van der Waals surface area contributed by atoms with Crippen LogP contribution in [-0.2, 0) is 11.3 Å². The molecule has 122 valence electrons. The summed E-state index contributed by atoms with van der Waals surface area (Å²) in [5.41, 5.74) is 0.914. The number of benzene rings is 1. The highest BCUT2D eigenvalue weighted by Gasteiger charge is 2.28. The molecule has 1 amide bonds. The van der Waals surface area contributed by atoms with Crippen molar-refractivity contribution < 1.29 is 9.53 Å². The van der Waals surface area contributed by atoms with Gasteiger partial charge in [0, 0.05) is 25.7 Å². The largest absolute Gasteiger partial charge is 0.444 e. The molecule has 1 fully saturated rings. The number of rotatable bonds is 3. The third-order valence-electron chi connectivity index (χ3n) is 4.01. The monoisotopic (exact) mass is 304 g/mol. The van der Waals surface area contributed by atoms with Gasteiger partial charge in [-0.15, -0.1) is 0 Å². The average molecular weight is 304 g/mol. The van der Waals surface area contributed by atoms with Crippen LogP contribution in [0, 0.1) is 0 Å². The minimum Gasteiger partial charge on any atom is -0.444 e. The average Bonchev–Trinajstić information content (AvgIpc) is 2.46. The quantitative estimate of drug-likeness (QED) is 0.856. The first-order chi connectivity index (χ1) is 10.3. The first-order valence-corrected chi connectivity index (χ1v) is 8.07. The summed E-state index contributed by atoms with van der Waals surface area (Å²) < 4.78 is 5.44. The van der Waals surface area contributed by atoms with E-state index in [2.05, 4.69) is 36.2 Å². The number of carbonyl (C=O) groups is 1. The summed E-state index contributed by atoms with van der Waals surface area (Å²) >= 11 is 0. The lowest BCUT2D eigenvalue weighted by atomic mass is 10.0. The van der Waals surface area contributed by atoms with Crippen molar-refractivity contribution in [3.8, 4) is 0 Å². The van der Waals surface area contributed by atoms with E-state index >= 15 is 0 Å². The van der Waals surface area contributed by atoms with Crippen LogP contribution in [0.5, 0.6) is 0 Å². The van der Waals surface area contributed by atoms with Crippen molar-refractivity contribution in [1.82, 2.24) is 9.80 Å². The fraction of sp³-hybridized carbons (Fsp3) is 0.611. The molecular formula is C18H28N2O2. The van der Waals surface area contributed by atoms with Crippen molar-refractivity contribution in [2.45, 2.75) is 51.8 Å². The van der Waals surface area contributed by atoms with Crippen LogP contribution in [-0.4, -0.2) is 47.7 Å². The van der Waals surface area contributed by atoms with E-state index in [1.165, 1.54) is 5.56 Å². The Balaban J connectivity index is 1.80. The Hall–Kier alpha value is -1.55. The van der Waals surface area contributed by atoms with Crippen molar-refractivity contribution in [3.63, 3.8) is 0 Å². The molecule has 22 heavy (non-hydrogen) atoms. The van der Waals surface area contributed by atoms with E-state index in [4.69, 9.17) is 4.74 Å². The first-order valence-electron chi connectivity index (χ1n) is 8.07. The summed E-state index contributed by atoms with van der Waals surface area (Å²) in [6, 6.07) is 11.0. The predicted octanol–water partition coefficient (Wildman–Crippen LogP) is 3.52. The van der Waals surface area contributed by atoms with E-state index in [1.54, 1.807) is 0 Å². The molecule has 0 bridgehead atoms. The van der Waals surface area contributed by atoms with Crippen molar-refractivity contribution in [2.75, 3.05) is 20.1 Å². The second kappa shape index (κ2) is 7.14. The number of nitrogens with zero attached hydrogens (tertiary/aromatic N) is 2. The predicted molar refractivity (Wildman–Crippen MR) is 88.7 cm³/mol. The van der Waals surface area contributed by atoms with Gasteiger partial charge in [-0.2, -0.15) is 0 Å². The Bertz CT molecular complexity index is 474. The number of piperidine rings is 1. The summed E-state index contributed by atoms with van der Waals surface area (Å²) in [4.78, 5) is 16.3. The Morgan fingerprint density at radius 2 is 1.82 bits per heavy atom. The maximum atomic E-state index is 12.1. The molecule has 4 nitrogen and oxygen atoms in total. The number of hydrogen-bond donors (Lipinski definition) is 0. The fourth-order valence-electron chi connectivity index (χ4n) is 2.82. The van der Waals surface area contributed by atoms with Crippen LogP contribution in [0.1, 0.15) is 39.2 Å². The minimum atomic E-state index is -0.419. The van der Waals surface area contributed by atoms with Gasteiger partial charge < -0.3 is 9.64 Å². The van der Waals surface area contributed by atoms with Gasteiger partial charge >= 0.3 is 6.09 Å². The lowest BCUT2D eigenvalue weighted by Gasteiger charge is -2.37. The second-order valence-electron chi connectivity index (χ2n) is 7.10. The molecule has 0 aliphatic carbocycles. The van der Waals surface area contributed by atoms with Gasteiger partial charge in [-0.05, 0) is 46.2 Å². The molecule has 0 unspecified atom stereocenters. The molecule has 0 spiro atoms. The molecule has 1 aromatic carbocycles. The molecule has 1 aromatic rings. The lowest BCUT2D eigenvalue weighted by molar-refractivity contribution is 0.0153. The number of carbonyl (C=O) groups excluding carboxylic acids is 1. The highest BCUT2D eigenvalue weighted by atomic mass is 16.6. The first kappa shape index (κ1) is 16.8. The van der Waals surface area contributed by atoms with Crippen LogP contribution in [0.2, 0.25) is 0 Å². The Morgan fingerprint density at radius 1 is 1.23 bits per heavy atom. The molecule has 0 atom stereocenters. The van der Waals surface area contributed by atoms with Crippen molar-refractivity contribution in [2.24, 2.45) is 0 Å². The summed E-state index contributed by atoms with van der Waals surface area (Å²) in [6.45, 7) is 8.23. The third-order valence-corrected chi connectivity index (χ3v) is 4.01. The molecule has 2 rings (SSSR count). The Morgan fingerprint density at radius 3 is 2.36 bits per heavy atom. The van der Waals surface area contributed by atoms with E-state index in [1.807, 2.05) is 31.7 Å². The zero-order valence-electron chi connectivity index (χ0n) is 14.2. The van der Waals surface area contributed by atoms with Crippen molar-refractivity contribution in [3.05, 3.63) is 35.9 Å². The Labute approximate surface area is 134 Å². The SMILES string of the molecule is CN(Cc1ccccc1)C1CCN(C(=O)OC(C)(C)C)CC1. The van der Waals surface area contributed by atoms with Crippen LogP contribution in [0.3, 0.4) is 0 Å². The maximum Gasteiger partial charge on any atom is 0.410 e. The zero-order valence-corrected chi connectivity index (χ0v) is 14.2. The van der Waals surface area contributed by atoms with Crippen LogP contribution in [0.15, 0.2) is 30.3 Å². The van der Waals surface area contributed by atoms with E-state index in [0.717, 1.165) is 32.5 Å². The van der Waals surface area contributed by atoms with E-state index in [0.29, 0.717) is 6.04 Å². The third kappa shape index (κ3) is 5.02. The van der Waals surface area contributed by atoms with Gasteiger partial charge in [-0.1, -0.05) is 30.3 Å². The van der Waals surface area contributed by atoms with Gasteiger partial charge in [0.15, 0.2) is 0 Å². The number of hydrogen-bond acceptors (Lipinski definition) is 3. The van der Waals surface area contributed by atoms with Crippen LogP contribution in [0.25, 0.3) is 0 Å². The zero-order chi connectivity index (χ0) is 16.2. The fourth-order valence-corrected chi connectivity index (χ4v) is 2.82. The smallest absolute Gasteiger partial charge is 0.410 e. The van der Waals surface area contributed by atoms with Gasteiger partial charge in [0.05, 0.1) is 0 Å². The standard InChI is InChI=1S/C18H28N2O2/c1-18(2,3)22-17(21)20-12-10-16(11-13-20)19(4)14-15-8-6-5-7-9-15/h5-9,16H,10-14H2,1-4H3.